The van der Waals surface area contributed by atoms with Gasteiger partial charge in [0, 0.05) is 19.0 Å². The highest BCUT2D eigenvalue weighted by Crippen LogP contribution is 2.18. The van der Waals surface area contributed by atoms with Gasteiger partial charge in [-0.3, -0.25) is 29.8 Å². The second kappa shape index (κ2) is 7.20. The molecular weight excluding hydrogens is 328 g/mol. The minimum atomic E-state index is -0.905. The van der Waals surface area contributed by atoms with Crippen molar-refractivity contribution in [3.05, 3.63) is 34.8 Å². The van der Waals surface area contributed by atoms with Gasteiger partial charge in [-0.05, 0) is 31.4 Å². The van der Waals surface area contributed by atoms with Gasteiger partial charge in [0.2, 0.25) is 5.91 Å². The topological polar surface area (TPSA) is 122 Å². The predicted molar refractivity (Wildman–Crippen MR) is 87.2 cm³/mol. The van der Waals surface area contributed by atoms with E-state index in [0.717, 1.165) is 12.8 Å². The van der Waals surface area contributed by atoms with Crippen molar-refractivity contribution in [3.8, 4) is 0 Å². The number of carbonyl (C=O) groups excluding carboxylic acids is 3. The van der Waals surface area contributed by atoms with Gasteiger partial charge < -0.3 is 9.73 Å². The number of rotatable bonds is 5. The maximum Gasteiger partial charge on any atom is 0.419 e. The molecule has 0 aliphatic heterocycles. The van der Waals surface area contributed by atoms with Crippen molar-refractivity contribution in [2.24, 2.45) is 0 Å². The fourth-order valence-electron chi connectivity index (χ4n) is 2.35. The molecule has 0 bridgehead atoms. The van der Waals surface area contributed by atoms with E-state index >= 15 is 0 Å². The third-order valence-electron chi connectivity index (χ3n) is 3.79. The van der Waals surface area contributed by atoms with Crippen molar-refractivity contribution in [2.75, 3.05) is 0 Å². The number of nitrogens with one attached hydrogen (secondary N) is 3. The number of nitrogens with zero attached hydrogens (tertiary/aromatic N) is 1. The van der Waals surface area contributed by atoms with Crippen molar-refractivity contribution in [1.82, 2.24) is 20.7 Å². The summed E-state index contributed by atoms with van der Waals surface area (Å²) in [6.07, 6.45) is 2.19. The summed E-state index contributed by atoms with van der Waals surface area (Å²) in [6.45, 7) is 0.305. The molecule has 1 aliphatic rings. The highest BCUT2D eigenvalue weighted by Gasteiger charge is 2.26. The van der Waals surface area contributed by atoms with E-state index in [9.17, 15) is 19.2 Å². The van der Waals surface area contributed by atoms with Gasteiger partial charge in [0.15, 0.2) is 5.58 Å². The molecule has 2 aromatic rings. The molecule has 0 unspecified atom stereocenters. The highest BCUT2D eigenvalue weighted by molar-refractivity contribution is 6.35. The van der Waals surface area contributed by atoms with E-state index in [4.69, 9.17) is 4.42 Å². The van der Waals surface area contributed by atoms with Crippen LogP contribution in [-0.4, -0.2) is 28.3 Å². The van der Waals surface area contributed by atoms with Gasteiger partial charge in [0.05, 0.1) is 5.52 Å². The number of hydrogen-bond donors (Lipinski definition) is 3. The van der Waals surface area contributed by atoms with Gasteiger partial charge in [-0.15, -0.1) is 0 Å². The molecule has 9 nitrogen and oxygen atoms in total. The summed E-state index contributed by atoms with van der Waals surface area (Å²) in [7, 11) is 0. The third kappa shape index (κ3) is 4.25. The molecule has 3 N–H and O–H groups in total. The second-order valence-corrected chi connectivity index (χ2v) is 5.84. The summed E-state index contributed by atoms with van der Waals surface area (Å²) in [5.41, 5.74) is 5.40. The minimum absolute atomic E-state index is 0.0667. The first-order chi connectivity index (χ1) is 12.0. The van der Waals surface area contributed by atoms with Crippen LogP contribution in [0.4, 0.5) is 0 Å². The van der Waals surface area contributed by atoms with E-state index in [2.05, 4.69) is 16.2 Å². The molecule has 3 amide bonds. The smallest absolute Gasteiger partial charge is 0.408 e. The maximum atomic E-state index is 11.8. The Labute approximate surface area is 142 Å². The number of benzene rings is 1. The molecule has 1 aromatic heterocycles. The Morgan fingerprint density at radius 2 is 1.88 bits per heavy atom. The van der Waals surface area contributed by atoms with Crippen LogP contribution in [0.1, 0.15) is 25.7 Å². The van der Waals surface area contributed by atoms with Crippen molar-refractivity contribution >= 4 is 28.8 Å². The van der Waals surface area contributed by atoms with Crippen molar-refractivity contribution in [2.45, 2.75) is 38.3 Å². The first kappa shape index (κ1) is 16.7. The summed E-state index contributed by atoms with van der Waals surface area (Å²) in [5.74, 6) is -2.60. The van der Waals surface area contributed by atoms with Gasteiger partial charge in [0.1, 0.15) is 0 Å². The Bertz CT molecular complexity index is 865. The van der Waals surface area contributed by atoms with E-state index < -0.39 is 23.5 Å². The molecule has 132 valence electrons. The van der Waals surface area contributed by atoms with Crippen LogP contribution in [0.3, 0.4) is 0 Å². The van der Waals surface area contributed by atoms with Crippen LogP contribution in [0.2, 0.25) is 0 Å². The van der Waals surface area contributed by atoms with Crippen LogP contribution in [0, 0.1) is 0 Å². The summed E-state index contributed by atoms with van der Waals surface area (Å²) in [6, 6.07) is 7.09. The molecule has 1 fully saturated rings. The van der Waals surface area contributed by atoms with Crippen molar-refractivity contribution in [3.63, 3.8) is 0 Å². The number of fused-ring (bicyclic) bond motifs is 1. The molecule has 0 radical (unpaired) electrons. The number of carbonyl (C=O) groups is 3. The average Bonchev–Trinajstić information content (AvgIpc) is 3.35. The van der Waals surface area contributed by atoms with Crippen LogP contribution in [0.5, 0.6) is 0 Å². The molecular formula is C16H18N4O5. The SMILES string of the molecule is O=C(CCCn1c(=O)oc2ccccc21)NNC(=O)C(=O)NC1CC1. The van der Waals surface area contributed by atoms with E-state index in [1.54, 1.807) is 24.3 Å². The van der Waals surface area contributed by atoms with Crippen LogP contribution in [-0.2, 0) is 20.9 Å². The van der Waals surface area contributed by atoms with Gasteiger partial charge in [-0.25, -0.2) is 4.79 Å². The fraction of sp³-hybridized carbons (Fsp3) is 0.375. The second-order valence-electron chi connectivity index (χ2n) is 5.84. The van der Waals surface area contributed by atoms with Gasteiger partial charge in [-0.2, -0.15) is 0 Å². The van der Waals surface area contributed by atoms with E-state index in [1.165, 1.54) is 4.57 Å². The quantitative estimate of drug-likeness (QED) is 0.511. The molecule has 1 heterocycles. The Morgan fingerprint density at radius 3 is 2.64 bits per heavy atom. The van der Waals surface area contributed by atoms with Crippen LogP contribution >= 0.6 is 0 Å². The number of amides is 3. The van der Waals surface area contributed by atoms with E-state index in [1.807, 2.05) is 0 Å². The fourth-order valence-corrected chi connectivity index (χ4v) is 2.35. The zero-order valence-electron chi connectivity index (χ0n) is 13.4. The number of aromatic nitrogens is 1. The van der Waals surface area contributed by atoms with Crippen LogP contribution < -0.4 is 21.9 Å². The third-order valence-corrected chi connectivity index (χ3v) is 3.79. The van der Waals surface area contributed by atoms with Gasteiger partial charge in [0.25, 0.3) is 0 Å². The summed E-state index contributed by atoms with van der Waals surface area (Å²) < 4.78 is 6.55. The predicted octanol–water partition coefficient (Wildman–Crippen LogP) is -0.199. The Morgan fingerprint density at radius 1 is 1.12 bits per heavy atom. The summed E-state index contributed by atoms with van der Waals surface area (Å²) >= 11 is 0. The van der Waals surface area contributed by atoms with Gasteiger partial charge >= 0.3 is 17.6 Å². The lowest BCUT2D eigenvalue weighted by Gasteiger charge is -2.07. The molecule has 3 rings (SSSR count). The largest absolute Gasteiger partial charge is 0.419 e. The van der Waals surface area contributed by atoms with E-state index in [-0.39, 0.29) is 12.5 Å². The van der Waals surface area contributed by atoms with Gasteiger partial charge in [-0.1, -0.05) is 12.1 Å². The minimum Gasteiger partial charge on any atom is -0.408 e. The highest BCUT2D eigenvalue weighted by atomic mass is 16.4. The first-order valence-electron chi connectivity index (χ1n) is 8.02. The zero-order valence-corrected chi connectivity index (χ0v) is 13.4. The lowest BCUT2D eigenvalue weighted by Crippen LogP contribution is -2.48. The normalized spacial score (nSPS) is 13.4. The molecule has 1 aliphatic carbocycles. The zero-order chi connectivity index (χ0) is 17.8. The molecule has 1 aromatic carbocycles. The Kier molecular flexibility index (Phi) is 4.82. The number of oxazole rings is 1. The number of aryl methyl sites for hydroxylation is 1. The van der Waals surface area contributed by atoms with Crippen molar-refractivity contribution in [1.29, 1.82) is 0 Å². The van der Waals surface area contributed by atoms with Crippen LogP contribution in [0.15, 0.2) is 33.5 Å². The number of hydrazine groups is 1. The monoisotopic (exact) mass is 346 g/mol. The van der Waals surface area contributed by atoms with Crippen molar-refractivity contribution < 1.29 is 18.8 Å². The Balaban J connectivity index is 1.43. The molecule has 9 heteroatoms. The van der Waals surface area contributed by atoms with Crippen LogP contribution in [0.25, 0.3) is 11.1 Å². The van der Waals surface area contributed by atoms with E-state index in [0.29, 0.717) is 24.1 Å². The maximum absolute atomic E-state index is 11.8. The lowest BCUT2D eigenvalue weighted by atomic mass is 10.3. The summed E-state index contributed by atoms with van der Waals surface area (Å²) in [4.78, 5) is 46.4. The Hall–Kier alpha value is -3.10. The molecule has 0 atom stereocenters. The molecule has 0 spiro atoms. The lowest BCUT2D eigenvalue weighted by molar-refractivity contribution is -0.141. The summed E-state index contributed by atoms with van der Waals surface area (Å²) in [5, 5.41) is 2.51. The molecule has 25 heavy (non-hydrogen) atoms. The number of para-hydroxylation sites is 2. The first-order valence-corrected chi connectivity index (χ1v) is 8.02. The average molecular weight is 346 g/mol. The molecule has 0 saturated heterocycles. The number of hydrogen-bond acceptors (Lipinski definition) is 5. The molecule has 1 saturated carbocycles. The standard InChI is InChI=1S/C16H18N4O5/c21-13(18-19-15(23)14(22)17-10-7-8-10)6-3-9-20-11-4-1-2-5-12(11)25-16(20)24/h1-2,4-5,10H,3,6-9H2,(H,17,22)(H,18,21)(H,19,23).